The highest BCUT2D eigenvalue weighted by molar-refractivity contribution is 6.76. The minimum absolute atomic E-state index is 0.240. The lowest BCUT2D eigenvalue weighted by Gasteiger charge is -2.15. The van der Waals surface area contributed by atoms with Crippen molar-refractivity contribution >= 4 is 14.0 Å². The van der Waals surface area contributed by atoms with E-state index in [2.05, 4.69) is 35.0 Å². The van der Waals surface area contributed by atoms with Gasteiger partial charge in [-0.05, 0) is 43.2 Å². The van der Waals surface area contributed by atoms with Gasteiger partial charge in [-0.15, -0.1) is 5.10 Å². The van der Waals surface area contributed by atoms with Crippen LogP contribution in [-0.4, -0.2) is 40.6 Å². The van der Waals surface area contributed by atoms with Crippen molar-refractivity contribution in [3.05, 3.63) is 24.3 Å². The van der Waals surface area contributed by atoms with Gasteiger partial charge >= 0.3 is 0 Å². The number of aromatic hydroxyl groups is 1. The number of ether oxygens (including phenoxy) is 1. The van der Waals surface area contributed by atoms with Crippen LogP contribution < -0.4 is 5.32 Å². The van der Waals surface area contributed by atoms with Gasteiger partial charge in [0.1, 0.15) is 12.5 Å². The van der Waals surface area contributed by atoms with Crippen molar-refractivity contribution < 1.29 is 9.84 Å². The molecule has 2 N–H and O–H groups in total. The van der Waals surface area contributed by atoms with E-state index in [1.54, 1.807) is 16.8 Å². The molecule has 1 aromatic heterocycles. The summed E-state index contributed by atoms with van der Waals surface area (Å²) in [5.74, 6) is 1.64. The molecule has 0 spiro atoms. The number of benzene rings is 1. The molecule has 1 fully saturated rings. The molecular formula is C17H26N4O2Si. The normalized spacial score (nSPS) is 14.8. The van der Waals surface area contributed by atoms with Crippen molar-refractivity contribution in [3.63, 3.8) is 0 Å². The maximum Gasteiger partial charge on any atom is 0.224 e. The Morgan fingerprint density at radius 1 is 1.25 bits per heavy atom. The number of aromatic nitrogens is 3. The van der Waals surface area contributed by atoms with Crippen LogP contribution in [0.25, 0.3) is 11.4 Å². The lowest BCUT2D eigenvalue weighted by Crippen LogP contribution is -2.22. The highest BCUT2D eigenvalue weighted by Crippen LogP contribution is 2.26. The second-order valence-corrected chi connectivity index (χ2v) is 13.2. The van der Waals surface area contributed by atoms with Crippen LogP contribution in [0.2, 0.25) is 25.7 Å². The molecule has 0 radical (unpaired) electrons. The summed E-state index contributed by atoms with van der Waals surface area (Å²) in [5, 5.41) is 17.4. The fraction of sp³-hybridized carbons (Fsp3) is 0.529. The molecule has 24 heavy (non-hydrogen) atoms. The zero-order chi connectivity index (χ0) is 17.2. The Balaban J connectivity index is 1.70. The topological polar surface area (TPSA) is 72.2 Å². The maximum atomic E-state index is 9.42. The van der Waals surface area contributed by atoms with Crippen LogP contribution in [0.1, 0.15) is 12.8 Å². The first-order chi connectivity index (χ1) is 11.4. The summed E-state index contributed by atoms with van der Waals surface area (Å²) < 4.78 is 7.62. The Kier molecular flexibility index (Phi) is 4.91. The number of nitrogens with zero attached hydrogens (tertiary/aromatic N) is 3. The van der Waals surface area contributed by atoms with Crippen LogP contribution in [0.5, 0.6) is 5.75 Å². The van der Waals surface area contributed by atoms with Crippen LogP contribution in [-0.2, 0) is 11.5 Å². The first-order valence-electron chi connectivity index (χ1n) is 8.49. The van der Waals surface area contributed by atoms with Gasteiger partial charge in [-0.25, -0.2) is 4.68 Å². The first kappa shape index (κ1) is 17.0. The number of rotatable bonds is 8. The number of nitrogens with one attached hydrogen (secondary N) is 1. The fourth-order valence-electron chi connectivity index (χ4n) is 2.21. The van der Waals surface area contributed by atoms with Crippen molar-refractivity contribution in [1.29, 1.82) is 0 Å². The van der Waals surface area contributed by atoms with Crippen LogP contribution in [0, 0.1) is 0 Å². The summed E-state index contributed by atoms with van der Waals surface area (Å²) in [6, 6.07) is 8.58. The van der Waals surface area contributed by atoms with Crippen molar-refractivity contribution in [2.24, 2.45) is 0 Å². The summed E-state index contributed by atoms with van der Waals surface area (Å²) in [4.78, 5) is 4.61. The van der Waals surface area contributed by atoms with Gasteiger partial charge in [-0.3, -0.25) is 0 Å². The largest absolute Gasteiger partial charge is 0.508 e. The highest BCUT2D eigenvalue weighted by Gasteiger charge is 2.24. The summed E-state index contributed by atoms with van der Waals surface area (Å²) in [6.45, 7) is 8.19. The van der Waals surface area contributed by atoms with Gasteiger partial charge in [0.2, 0.25) is 5.95 Å². The average Bonchev–Trinajstić information content (AvgIpc) is 3.23. The number of phenols is 1. The molecule has 0 aliphatic heterocycles. The standard InChI is InChI=1S/C17H26N4O2Si/c1-24(2,3)11-10-23-12-21-17(18-14-6-7-14)19-16(20-21)13-4-8-15(22)9-5-13/h4-5,8-9,14,22H,6-7,10-12H2,1-3H3,(H,18,19,20). The maximum absolute atomic E-state index is 9.42. The Labute approximate surface area is 143 Å². The molecule has 0 saturated heterocycles. The predicted molar refractivity (Wildman–Crippen MR) is 97.9 cm³/mol. The lowest BCUT2D eigenvalue weighted by atomic mass is 10.2. The van der Waals surface area contributed by atoms with E-state index >= 15 is 0 Å². The van der Waals surface area contributed by atoms with Gasteiger partial charge in [0.25, 0.3) is 0 Å². The van der Waals surface area contributed by atoms with E-state index in [1.807, 2.05) is 12.1 Å². The van der Waals surface area contributed by atoms with Gasteiger partial charge < -0.3 is 15.2 Å². The minimum Gasteiger partial charge on any atom is -0.508 e. The number of phenolic OH excluding ortho intramolecular Hbond substituents is 1. The summed E-state index contributed by atoms with van der Waals surface area (Å²) >= 11 is 0. The molecule has 0 amide bonds. The molecule has 0 atom stereocenters. The summed E-state index contributed by atoms with van der Waals surface area (Å²) in [6.07, 6.45) is 2.36. The molecule has 2 aromatic rings. The SMILES string of the molecule is C[Si](C)(C)CCOCn1nc(-c2ccc(O)cc2)nc1NC1CC1. The van der Waals surface area contributed by atoms with Gasteiger partial charge in [0.05, 0.1) is 0 Å². The Morgan fingerprint density at radius 2 is 1.96 bits per heavy atom. The second kappa shape index (κ2) is 6.94. The summed E-state index contributed by atoms with van der Waals surface area (Å²) in [7, 11) is -1.09. The predicted octanol–water partition coefficient (Wildman–Crippen LogP) is 3.54. The Morgan fingerprint density at radius 3 is 2.58 bits per heavy atom. The van der Waals surface area contributed by atoms with E-state index in [0.29, 0.717) is 18.6 Å². The first-order valence-corrected chi connectivity index (χ1v) is 12.2. The van der Waals surface area contributed by atoms with Crippen LogP contribution in [0.4, 0.5) is 5.95 Å². The molecule has 1 heterocycles. The van der Waals surface area contributed by atoms with E-state index in [1.165, 1.54) is 12.8 Å². The van der Waals surface area contributed by atoms with Crippen molar-refractivity contribution in [2.45, 2.75) is 51.3 Å². The highest BCUT2D eigenvalue weighted by atomic mass is 28.3. The number of anilines is 1. The van der Waals surface area contributed by atoms with Crippen molar-refractivity contribution in [3.8, 4) is 17.1 Å². The number of hydrogen-bond acceptors (Lipinski definition) is 5. The zero-order valence-corrected chi connectivity index (χ0v) is 15.6. The van der Waals surface area contributed by atoms with E-state index < -0.39 is 8.07 Å². The third-order valence-corrected chi connectivity index (χ3v) is 5.62. The van der Waals surface area contributed by atoms with Gasteiger partial charge in [0.15, 0.2) is 5.82 Å². The second-order valence-electron chi connectivity index (χ2n) is 7.57. The van der Waals surface area contributed by atoms with E-state index in [4.69, 9.17) is 4.74 Å². The Bertz CT molecular complexity index is 675. The van der Waals surface area contributed by atoms with Gasteiger partial charge in [-0.2, -0.15) is 4.98 Å². The molecule has 1 aliphatic rings. The minimum atomic E-state index is -1.09. The summed E-state index contributed by atoms with van der Waals surface area (Å²) in [5.41, 5.74) is 0.882. The Hall–Kier alpha value is -1.86. The molecule has 0 bridgehead atoms. The van der Waals surface area contributed by atoms with E-state index in [-0.39, 0.29) is 5.75 Å². The molecule has 7 heteroatoms. The van der Waals surface area contributed by atoms with E-state index in [0.717, 1.165) is 24.2 Å². The smallest absolute Gasteiger partial charge is 0.224 e. The average molecular weight is 347 g/mol. The van der Waals surface area contributed by atoms with Crippen LogP contribution in [0.3, 0.4) is 0 Å². The quantitative estimate of drug-likeness (QED) is 0.565. The third-order valence-electron chi connectivity index (χ3n) is 3.92. The van der Waals surface area contributed by atoms with Gasteiger partial charge in [0, 0.05) is 26.3 Å². The van der Waals surface area contributed by atoms with Crippen LogP contribution in [0.15, 0.2) is 24.3 Å². The van der Waals surface area contributed by atoms with Crippen molar-refractivity contribution in [1.82, 2.24) is 14.8 Å². The van der Waals surface area contributed by atoms with Crippen LogP contribution >= 0.6 is 0 Å². The molecule has 1 saturated carbocycles. The molecule has 6 nitrogen and oxygen atoms in total. The zero-order valence-electron chi connectivity index (χ0n) is 14.6. The molecule has 130 valence electrons. The molecular weight excluding hydrogens is 320 g/mol. The lowest BCUT2D eigenvalue weighted by molar-refractivity contribution is 0.0800. The fourth-order valence-corrected chi connectivity index (χ4v) is 2.97. The molecule has 1 aliphatic carbocycles. The van der Waals surface area contributed by atoms with E-state index in [9.17, 15) is 5.11 Å². The molecule has 1 aromatic carbocycles. The number of hydrogen-bond donors (Lipinski definition) is 2. The molecule has 0 unspecified atom stereocenters. The third kappa shape index (κ3) is 4.81. The van der Waals surface area contributed by atoms with Crippen molar-refractivity contribution in [2.75, 3.05) is 11.9 Å². The monoisotopic (exact) mass is 346 g/mol. The van der Waals surface area contributed by atoms with Gasteiger partial charge in [-0.1, -0.05) is 19.6 Å². The molecule has 3 rings (SSSR count).